The van der Waals surface area contributed by atoms with Crippen molar-refractivity contribution in [3.05, 3.63) is 67.1 Å². The number of carbonyl (C=O) groups excluding carboxylic acids is 1. The number of fused-ring (bicyclic) bond motifs is 1. The number of rotatable bonds is 4. The molecule has 128 valence electrons. The molecule has 26 heavy (non-hydrogen) atoms. The second-order valence-corrected chi connectivity index (χ2v) is 5.97. The highest BCUT2D eigenvalue weighted by molar-refractivity contribution is 5.85. The van der Waals surface area contributed by atoms with Gasteiger partial charge in [0.2, 0.25) is 6.04 Å². The Labute approximate surface area is 147 Å². The molecule has 1 N–H and O–H groups in total. The third-order valence-corrected chi connectivity index (χ3v) is 4.31. The smallest absolute Gasteiger partial charge is 0.359 e. The van der Waals surface area contributed by atoms with Crippen molar-refractivity contribution < 1.29 is 22.6 Å². The van der Waals surface area contributed by atoms with Crippen LogP contribution in [0, 0.1) is 0 Å². The number of aromatic nitrogens is 2. The predicted molar refractivity (Wildman–Crippen MR) is 90.3 cm³/mol. The summed E-state index contributed by atoms with van der Waals surface area (Å²) < 4.78 is 17.9. The second kappa shape index (κ2) is 5.73. The molecule has 0 saturated heterocycles. The van der Waals surface area contributed by atoms with E-state index in [1.807, 2.05) is 6.07 Å². The third-order valence-electron chi connectivity index (χ3n) is 4.31. The molecule has 1 unspecified atom stereocenters. The standard InChI is InChI=1S/C19H13N3O4/c23-19-13(10-12-4-1-7-24-12)21-18-17(16-6-3-9-26-16)20-14(11-22(18)19)15-5-2-8-25-15/h1-9,11,13H,10H2/p+1. The van der Waals surface area contributed by atoms with Crippen LogP contribution in [0.25, 0.3) is 22.9 Å². The molecule has 0 radical (unpaired) electrons. The summed E-state index contributed by atoms with van der Waals surface area (Å²) in [6.07, 6.45) is 6.87. The van der Waals surface area contributed by atoms with E-state index in [0.717, 1.165) is 5.76 Å². The van der Waals surface area contributed by atoms with Gasteiger partial charge in [0.25, 0.3) is 0 Å². The van der Waals surface area contributed by atoms with E-state index in [9.17, 15) is 4.79 Å². The maximum absolute atomic E-state index is 12.9. The summed E-state index contributed by atoms with van der Waals surface area (Å²) in [6.45, 7) is 0. The van der Waals surface area contributed by atoms with Gasteiger partial charge < -0.3 is 13.3 Å². The molecule has 4 aromatic heterocycles. The molecule has 1 aliphatic heterocycles. The van der Waals surface area contributed by atoms with Crippen LogP contribution < -0.4 is 9.88 Å². The van der Waals surface area contributed by atoms with Crippen LogP contribution in [0.1, 0.15) is 10.6 Å². The van der Waals surface area contributed by atoms with Gasteiger partial charge in [-0.15, -0.1) is 0 Å². The van der Waals surface area contributed by atoms with Crippen LogP contribution in [0.3, 0.4) is 0 Å². The Kier molecular flexibility index (Phi) is 3.24. The van der Waals surface area contributed by atoms with Crippen LogP contribution in [-0.4, -0.2) is 16.9 Å². The monoisotopic (exact) mass is 348 g/mol. The van der Waals surface area contributed by atoms with Crippen molar-refractivity contribution in [2.45, 2.75) is 12.5 Å². The van der Waals surface area contributed by atoms with Gasteiger partial charge in [-0.3, -0.25) is 5.32 Å². The Hall–Kier alpha value is -3.61. The highest BCUT2D eigenvalue weighted by atomic mass is 16.3. The lowest BCUT2D eigenvalue weighted by Gasteiger charge is -2.02. The Morgan fingerprint density at radius 2 is 1.73 bits per heavy atom. The molecule has 0 fully saturated rings. The quantitative estimate of drug-likeness (QED) is 0.570. The normalized spacial score (nSPS) is 15.8. The van der Waals surface area contributed by atoms with Crippen LogP contribution in [-0.2, 0) is 6.42 Å². The highest BCUT2D eigenvalue weighted by Gasteiger charge is 2.42. The molecule has 0 aliphatic carbocycles. The Morgan fingerprint density at radius 1 is 1.00 bits per heavy atom. The van der Waals surface area contributed by atoms with Crippen molar-refractivity contribution >= 4 is 11.7 Å². The number of nitrogens with zero attached hydrogens (tertiary/aromatic N) is 2. The Morgan fingerprint density at radius 3 is 2.42 bits per heavy atom. The molecule has 0 amide bonds. The summed E-state index contributed by atoms with van der Waals surface area (Å²) in [5.74, 6) is 2.40. The van der Waals surface area contributed by atoms with Crippen LogP contribution in [0.2, 0.25) is 0 Å². The largest absolute Gasteiger partial charge is 0.469 e. The zero-order valence-electron chi connectivity index (χ0n) is 13.6. The molecular formula is C19H14N3O4+. The number of hydrogen-bond acceptors (Lipinski definition) is 6. The average Bonchev–Trinajstić information content (AvgIpc) is 3.45. The van der Waals surface area contributed by atoms with Crippen LogP contribution in [0.15, 0.2) is 74.6 Å². The van der Waals surface area contributed by atoms with Gasteiger partial charge in [0.05, 0.1) is 25.2 Å². The maximum atomic E-state index is 12.9. The molecule has 0 saturated carbocycles. The summed E-state index contributed by atoms with van der Waals surface area (Å²) in [6, 6.07) is 10.4. The number of carbonyl (C=O) groups is 1. The SMILES string of the molecule is O=C1C(Cc2ccco2)Nc2c(-c3ccco3)nc(-c3ccco3)c[n+]21. The van der Waals surface area contributed by atoms with E-state index >= 15 is 0 Å². The fourth-order valence-electron chi connectivity index (χ4n) is 3.11. The zero-order valence-corrected chi connectivity index (χ0v) is 13.6. The molecule has 5 heterocycles. The first-order valence-corrected chi connectivity index (χ1v) is 8.17. The molecule has 7 heteroatoms. The average molecular weight is 348 g/mol. The number of nitrogens with one attached hydrogen (secondary N) is 1. The Bertz CT molecular complexity index is 1050. The summed E-state index contributed by atoms with van der Waals surface area (Å²) in [7, 11) is 0. The molecular weight excluding hydrogens is 334 g/mol. The molecule has 7 nitrogen and oxygen atoms in total. The third kappa shape index (κ3) is 2.33. The van der Waals surface area contributed by atoms with E-state index in [2.05, 4.69) is 10.3 Å². The van der Waals surface area contributed by atoms with E-state index in [1.165, 1.54) is 0 Å². The molecule has 0 spiro atoms. The van der Waals surface area contributed by atoms with Crippen molar-refractivity contribution in [2.24, 2.45) is 0 Å². The zero-order chi connectivity index (χ0) is 17.5. The second-order valence-electron chi connectivity index (χ2n) is 5.97. The van der Waals surface area contributed by atoms with E-state index < -0.39 is 6.04 Å². The van der Waals surface area contributed by atoms with Gasteiger partial charge in [0.15, 0.2) is 17.2 Å². The summed E-state index contributed by atoms with van der Waals surface area (Å²) in [5.41, 5.74) is 1.11. The summed E-state index contributed by atoms with van der Waals surface area (Å²) in [4.78, 5) is 17.6. The fraction of sp³-hybridized carbons (Fsp3) is 0.105. The first-order valence-electron chi connectivity index (χ1n) is 8.17. The Balaban J connectivity index is 1.62. The molecule has 5 rings (SSSR count). The minimum atomic E-state index is -0.441. The number of anilines is 1. The van der Waals surface area contributed by atoms with Gasteiger partial charge in [0, 0.05) is 0 Å². The van der Waals surface area contributed by atoms with Crippen molar-refractivity contribution in [1.29, 1.82) is 0 Å². The topological polar surface area (TPSA) is 85.3 Å². The molecule has 4 aromatic rings. The van der Waals surface area contributed by atoms with E-state index in [4.69, 9.17) is 13.3 Å². The minimum Gasteiger partial charge on any atom is -0.469 e. The van der Waals surface area contributed by atoms with Gasteiger partial charge in [-0.05, 0) is 36.4 Å². The van der Waals surface area contributed by atoms with Crippen LogP contribution in [0.4, 0.5) is 5.82 Å². The van der Waals surface area contributed by atoms with Gasteiger partial charge in [-0.2, -0.15) is 4.57 Å². The van der Waals surface area contributed by atoms with Crippen LogP contribution >= 0.6 is 0 Å². The predicted octanol–water partition coefficient (Wildman–Crippen LogP) is 3.16. The molecule has 0 bridgehead atoms. The van der Waals surface area contributed by atoms with Gasteiger partial charge in [-0.25, -0.2) is 9.78 Å². The van der Waals surface area contributed by atoms with Crippen molar-refractivity contribution in [2.75, 3.05) is 5.32 Å². The van der Waals surface area contributed by atoms with E-state index in [-0.39, 0.29) is 5.91 Å². The lowest BCUT2D eigenvalue weighted by Crippen LogP contribution is -2.43. The van der Waals surface area contributed by atoms with Crippen LogP contribution in [0.5, 0.6) is 0 Å². The fourth-order valence-corrected chi connectivity index (χ4v) is 3.11. The van der Waals surface area contributed by atoms with Crippen molar-refractivity contribution in [3.8, 4) is 22.9 Å². The maximum Gasteiger partial charge on any atom is 0.359 e. The molecule has 0 aromatic carbocycles. The summed E-state index contributed by atoms with van der Waals surface area (Å²) in [5, 5.41) is 3.25. The van der Waals surface area contributed by atoms with Gasteiger partial charge >= 0.3 is 11.7 Å². The minimum absolute atomic E-state index is 0.0839. The lowest BCUT2D eigenvalue weighted by atomic mass is 10.1. The van der Waals surface area contributed by atoms with E-state index in [1.54, 1.807) is 59.9 Å². The first-order chi connectivity index (χ1) is 12.8. The number of furan rings is 3. The van der Waals surface area contributed by atoms with Gasteiger partial charge in [-0.1, -0.05) is 0 Å². The highest BCUT2D eigenvalue weighted by Crippen LogP contribution is 2.30. The first kappa shape index (κ1) is 14.7. The summed E-state index contributed by atoms with van der Waals surface area (Å²) >= 11 is 0. The molecule has 1 atom stereocenters. The molecule has 1 aliphatic rings. The van der Waals surface area contributed by atoms with Crippen molar-refractivity contribution in [3.63, 3.8) is 0 Å². The lowest BCUT2D eigenvalue weighted by molar-refractivity contribution is -0.551. The number of hydrogen-bond donors (Lipinski definition) is 1. The van der Waals surface area contributed by atoms with E-state index in [0.29, 0.717) is 35.1 Å². The van der Waals surface area contributed by atoms with Gasteiger partial charge in [0.1, 0.15) is 17.7 Å². The van der Waals surface area contributed by atoms with Crippen molar-refractivity contribution in [1.82, 2.24) is 4.98 Å².